The van der Waals surface area contributed by atoms with Gasteiger partial charge in [-0.3, -0.25) is 14.6 Å². The molecule has 4 heterocycles. The molecule has 0 radical (unpaired) electrons. The lowest BCUT2D eigenvalue weighted by Crippen LogP contribution is -2.65. The third kappa shape index (κ3) is 3.43. The van der Waals surface area contributed by atoms with Gasteiger partial charge < -0.3 is 14.8 Å². The minimum atomic E-state index is -1.00. The summed E-state index contributed by atoms with van der Waals surface area (Å²) in [6.45, 7) is 7.14. The van der Waals surface area contributed by atoms with Gasteiger partial charge in [-0.1, -0.05) is 32.8 Å². The van der Waals surface area contributed by atoms with Crippen molar-refractivity contribution in [1.29, 1.82) is 0 Å². The van der Waals surface area contributed by atoms with Gasteiger partial charge in [0.05, 0.1) is 29.0 Å². The summed E-state index contributed by atoms with van der Waals surface area (Å²) >= 11 is 1.62. The van der Waals surface area contributed by atoms with Crippen LogP contribution in [0, 0.1) is 11.8 Å². The number of carbonyl (C=O) groups excluding carboxylic acids is 2. The van der Waals surface area contributed by atoms with E-state index in [1.54, 1.807) is 22.4 Å². The minimum absolute atomic E-state index is 0.0736. The van der Waals surface area contributed by atoms with Crippen LogP contribution < -0.4 is 5.32 Å². The number of hydrogen-bond acceptors (Lipinski definition) is 4. The molecule has 4 atom stereocenters. The summed E-state index contributed by atoms with van der Waals surface area (Å²) in [6.07, 6.45) is 5.05. The van der Waals surface area contributed by atoms with Gasteiger partial charge in [0.1, 0.15) is 11.2 Å². The summed E-state index contributed by atoms with van der Waals surface area (Å²) < 4.78 is 3.10. The molecule has 32 heavy (non-hydrogen) atoms. The van der Waals surface area contributed by atoms with E-state index in [2.05, 4.69) is 24.1 Å². The Kier molecular flexibility index (Phi) is 5.32. The van der Waals surface area contributed by atoms with E-state index in [4.69, 9.17) is 0 Å². The van der Waals surface area contributed by atoms with Gasteiger partial charge in [-0.05, 0) is 54.8 Å². The first-order valence-corrected chi connectivity index (χ1v) is 12.4. The Hall–Kier alpha value is -2.67. The molecule has 168 valence electrons. The summed E-state index contributed by atoms with van der Waals surface area (Å²) in [5, 5.41) is 5.38. The monoisotopic (exact) mass is 450 g/mol. The molecule has 1 aliphatic carbocycles. The van der Waals surface area contributed by atoms with Crippen molar-refractivity contribution in [1.82, 2.24) is 19.8 Å². The van der Waals surface area contributed by atoms with Gasteiger partial charge in [-0.25, -0.2) is 0 Å². The number of aromatic nitrogens is 2. The molecular weight excluding hydrogens is 420 g/mol. The van der Waals surface area contributed by atoms with Crippen molar-refractivity contribution in [2.45, 2.75) is 64.7 Å². The Morgan fingerprint density at radius 1 is 1.28 bits per heavy atom. The molecule has 2 aliphatic rings. The fourth-order valence-corrected chi connectivity index (χ4v) is 6.11. The fourth-order valence-electron chi connectivity index (χ4n) is 5.28. The molecule has 3 aromatic rings. The summed E-state index contributed by atoms with van der Waals surface area (Å²) in [6, 6.07) is 9.81. The third-order valence-corrected chi connectivity index (χ3v) is 8.46. The van der Waals surface area contributed by atoms with E-state index >= 15 is 0 Å². The number of pyridine rings is 1. The number of nitrogens with zero attached hydrogens (tertiary/aromatic N) is 3. The van der Waals surface area contributed by atoms with E-state index in [-0.39, 0.29) is 17.9 Å². The van der Waals surface area contributed by atoms with E-state index in [1.807, 2.05) is 47.2 Å². The van der Waals surface area contributed by atoms with Crippen LogP contribution >= 0.6 is 11.3 Å². The molecule has 3 aromatic heterocycles. The Labute approximate surface area is 192 Å². The van der Waals surface area contributed by atoms with Gasteiger partial charge in [0.2, 0.25) is 5.91 Å². The molecule has 1 aliphatic heterocycles. The number of carbonyl (C=O) groups is 2. The van der Waals surface area contributed by atoms with Gasteiger partial charge in [-0.15, -0.1) is 11.3 Å². The first kappa shape index (κ1) is 21.2. The van der Waals surface area contributed by atoms with Crippen molar-refractivity contribution >= 4 is 33.4 Å². The first-order valence-electron chi connectivity index (χ1n) is 11.5. The van der Waals surface area contributed by atoms with Crippen molar-refractivity contribution in [3.8, 4) is 0 Å². The molecule has 0 spiro atoms. The highest BCUT2D eigenvalue weighted by Gasteiger charge is 2.48. The zero-order valence-electron chi connectivity index (χ0n) is 18.9. The number of nitrogens with one attached hydrogen (secondary N) is 1. The number of thiophene rings is 1. The molecule has 5 rings (SSSR count). The minimum Gasteiger partial charge on any atom is -0.351 e. The lowest BCUT2D eigenvalue weighted by Gasteiger charge is -2.45. The fraction of sp³-hybridized carbons (Fsp3) is 0.480. The highest BCUT2D eigenvalue weighted by Crippen LogP contribution is 2.36. The molecule has 1 N–H and O–H groups in total. The van der Waals surface area contributed by atoms with Gasteiger partial charge >= 0.3 is 0 Å². The molecule has 0 saturated heterocycles. The van der Waals surface area contributed by atoms with E-state index in [0.29, 0.717) is 30.6 Å². The number of hydrogen-bond donors (Lipinski definition) is 1. The number of amides is 2. The topological polar surface area (TPSA) is 67.2 Å². The highest BCUT2D eigenvalue weighted by atomic mass is 32.1. The first-order chi connectivity index (χ1) is 15.4. The second-order valence-corrected chi connectivity index (χ2v) is 10.6. The smallest absolute Gasteiger partial charge is 0.271 e. The van der Waals surface area contributed by atoms with E-state index in [0.717, 1.165) is 28.8 Å². The molecule has 0 aromatic carbocycles. The van der Waals surface area contributed by atoms with Gasteiger partial charge in [0, 0.05) is 12.2 Å². The van der Waals surface area contributed by atoms with Crippen molar-refractivity contribution in [2.75, 3.05) is 0 Å². The number of rotatable bonds is 4. The van der Waals surface area contributed by atoms with Gasteiger partial charge in [0.25, 0.3) is 5.91 Å². The van der Waals surface area contributed by atoms with Crippen LogP contribution in [0.2, 0.25) is 0 Å². The standard InChI is InChI=1S/C25H30N4O2S/c1-16-7-6-9-19(17(16)2)27-24(31)25(3)15-28-20-10-12-32-22(20)13-21(28)23(30)29(25)14-18-8-4-5-11-26-18/h4-5,8,10-13,16-17,19H,6-7,9,14-15H2,1-3H3,(H,27,31). The van der Waals surface area contributed by atoms with Crippen LogP contribution in [-0.2, 0) is 17.9 Å². The maximum atomic E-state index is 13.9. The summed E-state index contributed by atoms with van der Waals surface area (Å²) in [4.78, 5) is 33.7. The summed E-state index contributed by atoms with van der Waals surface area (Å²) in [5.41, 5.74) is 1.44. The second-order valence-electron chi connectivity index (χ2n) is 9.62. The van der Waals surface area contributed by atoms with Gasteiger partial charge in [-0.2, -0.15) is 0 Å². The van der Waals surface area contributed by atoms with E-state index in [9.17, 15) is 9.59 Å². The Morgan fingerprint density at radius 2 is 2.12 bits per heavy atom. The largest absolute Gasteiger partial charge is 0.351 e. The molecular formula is C25H30N4O2S. The van der Waals surface area contributed by atoms with Crippen LogP contribution in [0.1, 0.15) is 56.2 Å². The maximum Gasteiger partial charge on any atom is 0.271 e. The van der Waals surface area contributed by atoms with Gasteiger partial charge in [0.15, 0.2) is 0 Å². The van der Waals surface area contributed by atoms with Crippen LogP contribution in [-0.4, -0.2) is 37.8 Å². The molecule has 0 bridgehead atoms. The Bertz CT molecular complexity index is 1150. The molecule has 7 heteroatoms. The molecule has 1 saturated carbocycles. The summed E-state index contributed by atoms with van der Waals surface area (Å²) in [5.74, 6) is 0.815. The lowest BCUT2D eigenvalue weighted by atomic mass is 9.77. The SMILES string of the molecule is CC1CCCC(NC(=O)C2(C)Cn3c(cc4sccc43)C(=O)N2Cc2ccccn2)C1C. The molecule has 1 fully saturated rings. The quantitative estimate of drug-likeness (QED) is 0.638. The Balaban J connectivity index is 1.52. The molecule has 2 amide bonds. The van der Waals surface area contributed by atoms with Crippen molar-refractivity contribution in [3.63, 3.8) is 0 Å². The average Bonchev–Trinajstić information content (AvgIpc) is 3.37. The van der Waals surface area contributed by atoms with Crippen molar-refractivity contribution in [2.24, 2.45) is 11.8 Å². The zero-order valence-corrected chi connectivity index (χ0v) is 19.7. The highest BCUT2D eigenvalue weighted by molar-refractivity contribution is 7.17. The maximum absolute atomic E-state index is 13.9. The lowest BCUT2D eigenvalue weighted by molar-refractivity contribution is -0.134. The number of fused-ring (bicyclic) bond motifs is 3. The van der Waals surface area contributed by atoms with Crippen LogP contribution in [0.15, 0.2) is 41.9 Å². The predicted molar refractivity (Wildman–Crippen MR) is 126 cm³/mol. The average molecular weight is 451 g/mol. The molecule has 6 nitrogen and oxygen atoms in total. The second kappa shape index (κ2) is 8.03. The predicted octanol–water partition coefficient (Wildman–Crippen LogP) is 4.45. The third-order valence-electron chi connectivity index (χ3n) is 7.61. The molecule has 4 unspecified atom stereocenters. The van der Waals surface area contributed by atoms with Crippen LogP contribution in [0.5, 0.6) is 0 Å². The van der Waals surface area contributed by atoms with Crippen molar-refractivity contribution < 1.29 is 9.59 Å². The van der Waals surface area contributed by atoms with E-state index < -0.39 is 5.54 Å². The Morgan fingerprint density at radius 3 is 2.91 bits per heavy atom. The summed E-state index contributed by atoms with van der Waals surface area (Å²) in [7, 11) is 0. The van der Waals surface area contributed by atoms with Crippen LogP contribution in [0.3, 0.4) is 0 Å². The normalized spacial score (nSPS) is 28.0. The van der Waals surface area contributed by atoms with Crippen LogP contribution in [0.25, 0.3) is 10.2 Å². The van der Waals surface area contributed by atoms with Crippen molar-refractivity contribution in [3.05, 3.63) is 53.3 Å². The van der Waals surface area contributed by atoms with E-state index in [1.165, 1.54) is 6.42 Å². The zero-order chi connectivity index (χ0) is 22.5. The van der Waals surface area contributed by atoms with Crippen LogP contribution in [0.4, 0.5) is 0 Å².